The molecule has 0 bridgehead atoms. The van der Waals surface area contributed by atoms with Crippen LogP contribution in [0.2, 0.25) is 0 Å². The van der Waals surface area contributed by atoms with Crippen LogP contribution in [0.3, 0.4) is 0 Å². The maximum absolute atomic E-state index is 11.1. The average Bonchev–Trinajstić information content (AvgIpc) is 3.16. The van der Waals surface area contributed by atoms with Crippen molar-refractivity contribution in [3.05, 3.63) is 57.0 Å². The molecule has 9 heteroatoms. The first-order valence-corrected chi connectivity index (χ1v) is 8.78. The number of nitro benzene ring substituents is 1. The van der Waals surface area contributed by atoms with Gasteiger partial charge in [-0.15, -0.1) is 16.4 Å². The Bertz CT molecular complexity index is 1150. The van der Waals surface area contributed by atoms with Crippen LogP contribution in [0.1, 0.15) is 29.3 Å². The van der Waals surface area contributed by atoms with E-state index in [9.17, 15) is 10.1 Å². The summed E-state index contributed by atoms with van der Waals surface area (Å²) in [6, 6.07) is 6.26. The van der Waals surface area contributed by atoms with E-state index in [0.717, 1.165) is 15.8 Å². The summed E-state index contributed by atoms with van der Waals surface area (Å²) >= 11 is 1.62. The highest BCUT2D eigenvalue weighted by Gasteiger charge is 2.21. The van der Waals surface area contributed by atoms with Gasteiger partial charge in [-0.1, -0.05) is 12.1 Å². The third-order valence-corrected chi connectivity index (χ3v) is 5.37. The minimum absolute atomic E-state index is 0.0866. The largest absolute Gasteiger partial charge is 0.476 e. The lowest BCUT2D eigenvalue weighted by atomic mass is 10.2. The summed E-state index contributed by atoms with van der Waals surface area (Å²) in [6.07, 6.45) is 1.08. The van der Waals surface area contributed by atoms with E-state index in [-0.39, 0.29) is 11.4 Å². The van der Waals surface area contributed by atoms with Crippen molar-refractivity contribution in [3.8, 4) is 5.75 Å². The van der Waals surface area contributed by atoms with E-state index in [1.807, 2.05) is 6.92 Å². The van der Waals surface area contributed by atoms with Crippen molar-refractivity contribution < 1.29 is 9.66 Å². The van der Waals surface area contributed by atoms with E-state index < -0.39 is 11.0 Å². The standard InChI is InChI=1S/C17H15N5O3S/c1-9-11(3)26-17-14(9)16-19-15(20-21(16)8-18-17)10(2)25-13-7-5-4-6-12(13)22(23)24/h4-8,10H,1-3H3. The van der Waals surface area contributed by atoms with Gasteiger partial charge in [0, 0.05) is 10.9 Å². The normalized spacial score (nSPS) is 12.6. The summed E-state index contributed by atoms with van der Waals surface area (Å²) in [5.74, 6) is 0.635. The number of hydrogen-bond donors (Lipinski definition) is 0. The third kappa shape index (κ3) is 2.57. The van der Waals surface area contributed by atoms with E-state index in [0.29, 0.717) is 11.5 Å². The molecule has 0 aliphatic carbocycles. The van der Waals surface area contributed by atoms with Gasteiger partial charge in [0.2, 0.25) is 0 Å². The predicted octanol–water partition coefficient (Wildman–Crippen LogP) is 4.00. The van der Waals surface area contributed by atoms with Crippen LogP contribution in [-0.4, -0.2) is 24.5 Å². The second-order valence-corrected chi connectivity index (χ2v) is 7.13. The molecule has 0 aliphatic heterocycles. The molecule has 26 heavy (non-hydrogen) atoms. The zero-order valence-electron chi connectivity index (χ0n) is 14.3. The van der Waals surface area contributed by atoms with Crippen molar-refractivity contribution >= 4 is 32.9 Å². The highest BCUT2D eigenvalue weighted by molar-refractivity contribution is 7.18. The van der Waals surface area contributed by atoms with Gasteiger partial charge in [0.25, 0.3) is 0 Å². The second kappa shape index (κ2) is 6.03. The fourth-order valence-electron chi connectivity index (χ4n) is 2.78. The molecule has 0 N–H and O–H groups in total. The van der Waals surface area contributed by atoms with Gasteiger partial charge in [-0.05, 0) is 32.4 Å². The molecule has 1 atom stereocenters. The Kier molecular flexibility index (Phi) is 3.80. The number of rotatable bonds is 4. The van der Waals surface area contributed by atoms with E-state index in [1.54, 1.807) is 47.3 Å². The fourth-order valence-corrected chi connectivity index (χ4v) is 3.78. The third-order valence-electron chi connectivity index (χ3n) is 4.25. The number of hydrogen-bond acceptors (Lipinski definition) is 7. The summed E-state index contributed by atoms with van der Waals surface area (Å²) in [5, 5.41) is 16.6. The van der Waals surface area contributed by atoms with Gasteiger partial charge in [0.15, 0.2) is 23.3 Å². The van der Waals surface area contributed by atoms with Gasteiger partial charge < -0.3 is 4.74 Å². The highest BCUT2D eigenvalue weighted by atomic mass is 32.1. The van der Waals surface area contributed by atoms with Gasteiger partial charge in [-0.2, -0.15) is 0 Å². The van der Waals surface area contributed by atoms with Gasteiger partial charge in [0.1, 0.15) is 11.2 Å². The molecule has 3 heterocycles. The first-order valence-electron chi connectivity index (χ1n) is 7.96. The lowest BCUT2D eigenvalue weighted by Crippen LogP contribution is -2.07. The lowest BCUT2D eigenvalue weighted by molar-refractivity contribution is -0.386. The van der Waals surface area contributed by atoms with Crippen molar-refractivity contribution in [1.29, 1.82) is 0 Å². The molecule has 8 nitrogen and oxygen atoms in total. The molecular weight excluding hydrogens is 354 g/mol. The minimum atomic E-state index is -0.550. The van der Waals surface area contributed by atoms with E-state index in [1.165, 1.54) is 10.9 Å². The first-order chi connectivity index (χ1) is 12.5. The van der Waals surface area contributed by atoms with Crippen LogP contribution in [0.15, 0.2) is 30.6 Å². The summed E-state index contributed by atoms with van der Waals surface area (Å²) in [5.41, 5.74) is 1.76. The molecule has 0 amide bonds. The van der Waals surface area contributed by atoms with Crippen LogP contribution in [0.4, 0.5) is 5.69 Å². The van der Waals surface area contributed by atoms with Crippen molar-refractivity contribution in [2.45, 2.75) is 26.9 Å². The Balaban J connectivity index is 1.75. The average molecular weight is 369 g/mol. The number of nitro groups is 1. The number of thiophene rings is 1. The molecule has 1 aromatic carbocycles. The summed E-state index contributed by atoms with van der Waals surface area (Å²) in [6.45, 7) is 5.86. The maximum Gasteiger partial charge on any atom is 0.310 e. The molecule has 3 aromatic heterocycles. The first kappa shape index (κ1) is 16.4. The molecule has 1 unspecified atom stereocenters. The summed E-state index contributed by atoms with van der Waals surface area (Å²) < 4.78 is 7.39. The molecule has 0 saturated heterocycles. The van der Waals surface area contributed by atoms with Crippen LogP contribution in [0.5, 0.6) is 5.75 Å². The molecule has 4 aromatic rings. The van der Waals surface area contributed by atoms with E-state index in [4.69, 9.17) is 4.74 Å². The number of para-hydroxylation sites is 2. The Hall–Kier alpha value is -3.07. The number of aromatic nitrogens is 4. The van der Waals surface area contributed by atoms with E-state index in [2.05, 4.69) is 22.0 Å². The monoisotopic (exact) mass is 369 g/mol. The Labute approximate surface area is 152 Å². The molecule has 132 valence electrons. The lowest BCUT2D eigenvalue weighted by Gasteiger charge is -2.11. The van der Waals surface area contributed by atoms with Gasteiger partial charge in [-0.3, -0.25) is 10.1 Å². The van der Waals surface area contributed by atoms with Crippen molar-refractivity contribution in [2.24, 2.45) is 0 Å². The Morgan fingerprint density at radius 3 is 2.85 bits per heavy atom. The van der Waals surface area contributed by atoms with Gasteiger partial charge in [-0.25, -0.2) is 14.5 Å². The molecule has 0 fully saturated rings. The minimum Gasteiger partial charge on any atom is -0.476 e. The molecule has 0 radical (unpaired) electrons. The molecular formula is C17H15N5O3S. The topological polar surface area (TPSA) is 95.5 Å². The molecule has 0 aliphatic rings. The van der Waals surface area contributed by atoms with Gasteiger partial charge in [0.05, 0.1) is 10.3 Å². The summed E-state index contributed by atoms with van der Waals surface area (Å²) in [7, 11) is 0. The second-order valence-electron chi connectivity index (χ2n) is 5.93. The summed E-state index contributed by atoms with van der Waals surface area (Å²) in [4.78, 5) is 21.8. The predicted molar refractivity (Wildman–Crippen MR) is 97.8 cm³/mol. The Morgan fingerprint density at radius 2 is 2.08 bits per heavy atom. The molecule has 0 saturated carbocycles. The van der Waals surface area contributed by atoms with Crippen LogP contribution < -0.4 is 4.74 Å². The number of benzene rings is 1. The smallest absolute Gasteiger partial charge is 0.310 e. The van der Waals surface area contributed by atoms with Gasteiger partial charge >= 0.3 is 5.69 Å². The van der Waals surface area contributed by atoms with Crippen molar-refractivity contribution in [3.63, 3.8) is 0 Å². The fraction of sp³-hybridized carbons (Fsp3) is 0.235. The van der Waals surface area contributed by atoms with Crippen LogP contribution in [-0.2, 0) is 0 Å². The Morgan fingerprint density at radius 1 is 1.31 bits per heavy atom. The van der Waals surface area contributed by atoms with Crippen LogP contribution >= 0.6 is 11.3 Å². The van der Waals surface area contributed by atoms with Crippen LogP contribution in [0.25, 0.3) is 15.9 Å². The molecule has 0 spiro atoms. The number of aryl methyl sites for hydroxylation is 2. The van der Waals surface area contributed by atoms with Crippen molar-refractivity contribution in [1.82, 2.24) is 19.6 Å². The van der Waals surface area contributed by atoms with Crippen LogP contribution in [0, 0.1) is 24.0 Å². The molecule has 4 rings (SSSR count). The zero-order valence-corrected chi connectivity index (χ0v) is 15.1. The quantitative estimate of drug-likeness (QED) is 0.398. The number of nitrogens with zero attached hydrogens (tertiary/aromatic N) is 5. The SMILES string of the molecule is Cc1sc2ncn3nc(C(C)Oc4ccccc4[N+](=O)[O-])nc3c2c1C. The highest BCUT2D eigenvalue weighted by Crippen LogP contribution is 2.32. The number of fused-ring (bicyclic) bond motifs is 3. The zero-order chi connectivity index (χ0) is 18.4. The van der Waals surface area contributed by atoms with E-state index >= 15 is 0 Å². The number of ether oxygens (including phenoxy) is 1. The van der Waals surface area contributed by atoms with Crippen molar-refractivity contribution in [2.75, 3.05) is 0 Å². The maximum atomic E-state index is 11.1.